The molecule has 3 heterocycles. The summed E-state index contributed by atoms with van der Waals surface area (Å²) >= 11 is 0. The third kappa shape index (κ3) is 4.37. The molecular formula is C21H33F2N3O3S. The van der Waals surface area contributed by atoms with E-state index in [0.717, 1.165) is 13.0 Å². The fraction of sp³-hybridized carbons (Fsp3) is 0.810. The Morgan fingerprint density at radius 1 is 1.27 bits per heavy atom. The van der Waals surface area contributed by atoms with Crippen molar-refractivity contribution in [2.75, 3.05) is 32.0 Å². The molecule has 170 valence electrons. The van der Waals surface area contributed by atoms with Gasteiger partial charge in [-0.25, -0.2) is 21.5 Å². The van der Waals surface area contributed by atoms with Crippen LogP contribution in [0.4, 0.5) is 8.78 Å². The Bertz CT molecular complexity index is 829. The molecule has 0 spiro atoms. The molecular weight excluding hydrogens is 412 g/mol. The van der Waals surface area contributed by atoms with Crippen LogP contribution in [0.2, 0.25) is 0 Å². The molecule has 9 heteroatoms. The van der Waals surface area contributed by atoms with Crippen molar-refractivity contribution in [3.8, 4) is 0 Å². The summed E-state index contributed by atoms with van der Waals surface area (Å²) < 4.78 is 60.9. The average Bonchev–Trinajstić information content (AvgIpc) is 3.24. The molecule has 3 aliphatic heterocycles. The number of nitrogens with zero attached hydrogens (tertiary/aromatic N) is 2. The van der Waals surface area contributed by atoms with E-state index in [0.29, 0.717) is 32.0 Å². The number of hydrogen-bond acceptors (Lipinski definition) is 5. The maximum atomic E-state index is 14.3. The number of ether oxygens (including phenoxy) is 1. The Hall–Kier alpha value is -0.870. The van der Waals surface area contributed by atoms with Crippen LogP contribution >= 0.6 is 0 Å². The van der Waals surface area contributed by atoms with Crippen LogP contribution in [0, 0.1) is 11.8 Å². The number of hydrogen-bond donors (Lipinski definition) is 1. The Labute approximate surface area is 178 Å². The topological polar surface area (TPSA) is 75.9 Å². The van der Waals surface area contributed by atoms with Gasteiger partial charge in [0.2, 0.25) is 10.0 Å². The smallest absolute Gasteiger partial charge is 0.214 e. The van der Waals surface area contributed by atoms with Crippen LogP contribution in [0.3, 0.4) is 0 Å². The lowest BCUT2D eigenvalue weighted by Crippen LogP contribution is -2.55. The van der Waals surface area contributed by atoms with Crippen LogP contribution in [-0.4, -0.2) is 73.8 Å². The monoisotopic (exact) mass is 445 g/mol. The summed E-state index contributed by atoms with van der Waals surface area (Å²) in [6, 6.07) is -0.180. The predicted molar refractivity (Wildman–Crippen MR) is 111 cm³/mol. The van der Waals surface area contributed by atoms with E-state index in [2.05, 4.69) is 4.90 Å². The summed E-state index contributed by atoms with van der Waals surface area (Å²) in [4.78, 5) is 2.34. The summed E-state index contributed by atoms with van der Waals surface area (Å²) in [6.07, 6.45) is 2.35. The van der Waals surface area contributed by atoms with E-state index in [1.807, 2.05) is 13.8 Å². The maximum absolute atomic E-state index is 14.3. The van der Waals surface area contributed by atoms with Crippen molar-refractivity contribution in [2.24, 2.45) is 17.6 Å². The van der Waals surface area contributed by atoms with Crippen molar-refractivity contribution in [1.82, 2.24) is 9.21 Å². The maximum Gasteiger partial charge on any atom is 0.214 e. The van der Waals surface area contributed by atoms with Crippen LogP contribution in [-0.2, 0) is 14.8 Å². The first kappa shape index (κ1) is 22.3. The molecule has 0 bridgehead atoms. The zero-order valence-electron chi connectivity index (χ0n) is 17.8. The molecule has 5 atom stereocenters. The molecule has 3 fully saturated rings. The number of likely N-dealkylation sites (tertiary alicyclic amines) is 1. The van der Waals surface area contributed by atoms with Crippen molar-refractivity contribution < 1.29 is 21.9 Å². The normalized spacial score (nSPS) is 36.5. The summed E-state index contributed by atoms with van der Waals surface area (Å²) in [5.74, 6) is -0.0623. The molecule has 4 rings (SSSR count). The molecule has 3 saturated heterocycles. The lowest BCUT2D eigenvalue weighted by molar-refractivity contribution is -0.0352. The van der Waals surface area contributed by atoms with Gasteiger partial charge in [-0.1, -0.05) is 13.8 Å². The fourth-order valence-corrected chi connectivity index (χ4v) is 7.34. The second-order valence-electron chi connectivity index (χ2n) is 9.60. The van der Waals surface area contributed by atoms with Gasteiger partial charge in [0.05, 0.1) is 12.4 Å². The van der Waals surface area contributed by atoms with E-state index in [9.17, 15) is 17.2 Å². The zero-order valence-corrected chi connectivity index (χ0v) is 18.6. The first-order chi connectivity index (χ1) is 14.2. The Morgan fingerprint density at radius 3 is 2.73 bits per heavy atom. The molecule has 2 N–H and O–H groups in total. The third-order valence-corrected chi connectivity index (χ3v) is 9.05. The van der Waals surface area contributed by atoms with Gasteiger partial charge in [0.15, 0.2) is 0 Å². The highest BCUT2D eigenvalue weighted by Gasteiger charge is 2.48. The summed E-state index contributed by atoms with van der Waals surface area (Å²) in [5.41, 5.74) is 6.60. The van der Waals surface area contributed by atoms with Gasteiger partial charge >= 0.3 is 0 Å². The van der Waals surface area contributed by atoms with Crippen LogP contribution < -0.4 is 5.73 Å². The summed E-state index contributed by atoms with van der Waals surface area (Å²) in [7, 11) is -3.24. The fourth-order valence-electron chi connectivity index (χ4n) is 5.49. The predicted octanol–water partition coefficient (Wildman–Crippen LogP) is 2.33. The van der Waals surface area contributed by atoms with Gasteiger partial charge in [-0.3, -0.25) is 4.90 Å². The second-order valence-corrected chi connectivity index (χ2v) is 11.6. The quantitative estimate of drug-likeness (QED) is 0.703. The molecule has 0 aromatic heterocycles. The van der Waals surface area contributed by atoms with Crippen LogP contribution in [0.1, 0.15) is 39.5 Å². The van der Waals surface area contributed by atoms with Crippen LogP contribution in [0.25, 0.3) is 0 Å². The lowest BCUT2D eigenvalue weighted by atomic mass is 9.90. The van der Waals surface area contributed by atoms with Gasteiger partial charge in [0.1, 0.15) is 17.8 Å². The summed E-state index contributed by atoms with van der Waals surface area (Å²) in [6.45, 7) is 6.23. The first-order valence-electron chi connectivity index (χ1n) is 11.0. The second kappa shape index (κ2) is 8.58. The van der Waals surface area contributed by atoms with Crippen molar-refractivity contribution in [3.05, 3.63) is 23.3 Å². The third-order valence-electron chi connectivity index (χ3n) is 6.88. The molecule has 1 aliphatic carbocycles. The van der Waals surface area contributed by atoms with E-state index >= 15 is 0 Å². The number of halogens is 2. The molecule has 2 unspecified atom stereocenters. The Balaban J connectivity index is 1.41. The van der Waals surface area contributed by atoms with E-state index < -0.39 is 22.2 Å². The van der Waals surface area contributed by atoms with Crippen molar-refractivity contribution >= 4 is 10.0 Å². The number of rotatable bonds is 5. The largest absolute Gasteiger partial charge is 0.370 e. The highest BCUT2D eigenvalue weighted by Crippen LogP contribution is 2.38. The van der Waals surface area contributed by atoms with Gasteiger partial charge < -0.3 is 10.5 Å². The van der Waals surface area contributed by atoms with E-state index in [4.69, 9.17) is 10.5 Å². The van der Waals surface area contributed by atoms with Gasteiger partial charge in [0, 0.05) is 49.6 Å². The van der Waals surface area contributed by atoms with Gasteiger partial charge in [-0.15, -0.1) is 0 Å². The molecule has 0 radical (unpaired) electrons. The van der Waals surface area contributed by atoms with Crippen LogP contribution in [0.5, 0.6) is 0 Å². The minimum absolute atomic E-state index is 0.0598. The highest BCUT2D eigenvalue weighted by molar-refractivity contribution is 7.89. The van der Waals surface area contributed by atoms with E-state index in [-0.39, 0.29) is 53.8 Å². The molecule has 0 aromatic rings. The van der Waals surface area contributed by atoms with Crippen molar-refractivity contribution in [1.29, 1.82) is 0 Å². The van der Waals surface area contributed by atoms with Crippen molar-refractivity contribution in [2.45, 2.75) is 63.8 Å². The molecule has 0 saturated carbocycles. The van der Waals surface area contributed by atoms with Gasteiger partial charge in [-0.05, 0) is 37.3 Å². The average molecular weight is 446 g/mol. The standard InChI is InChI=1S/C21H33F2N3O3S/c1-13(2)12-30(27,28)25-9-14-5-6-26(20(14)10-25)16-8-19(24)21(29-11-16)17-7-15(22)3-4-18(17)23/h7,13-14,16,19-21H,3-6,8-12,24H2,1-2H3/t14?,16-,19+,20?,21-/m1/s1. The number of fused-ring (bicyclic) bond motifs is 1. The van der Waals surface area contributed by atoms with Gasteiger partial charge in [-0.2, -0.15) is 0 Å². The van der Waals surface area contributed by atoms with E-state index in [1.54, 1.807) is 4.31 Å². The lowest BCUT2D eigenvalue weighted by Gasteiger charge is -2.41. The number of allylic oxidation sites excluding steroid dienone is 2. The zero-order chi connectivity index (χ0) is 21.6. The minimum Gasteiger partial charge on any atom is -0.370 e. The van der Waals surface area contributed by atoms with Gasteiger partial charge in [0.25, 0.3) is 0 Å². The molecule has 6 nitrogen and oxygen atoms in total. The Kier molecular flexibility index (Phi) is 6.38. The molecule has 30 heavy (non-hydrogen) atoms. The molecule has 0 amide bonds. The Morgan fingerprint density at radius 2 is 2.03 bits per heavy atom. The van der Waals surface area contributed by atoms with E-state index in [1.165, 1.54) is 6.08 Å². The number of nitrogens with two attached hydrogens (primary N) is 1. The highest BCUT2D eigenvalue weighted by atomic mass is 32.2. The van der Waals surface area contributed by atoms with Crippen molar-refractivity contribution in [3.63, 3.8) is 0 Å². The first-order valence-corrected chi connectivity index (χ1v) is 12.6. The number of sulfonamides is 1. The minimum atomic E-state index is -3.24. The SMILES string of the molecule is CC(C)CS(=O)(=O)N1CC2CCN([C@H]3CO[C@H](C4=C(F)CCC(F)=C4)[C@@H](N)C3)C2C1. The molecule has 0 aromatic carbocycles. The van der Waals surface area contributed by atoms with Crippen LogP contribution in [0.15, 0.2) is 23.3 Å². The molecule has 4 aliphatic rings. The summed E-state index contributed by atoms with van der Waals surface area (Å²) in [5, 5.41) is 0.